The lowest BCUT2D eigenvalue weighted by Crippen LogP contribution is -1.95. The fraction of sp³-hybridized carbons (Fsp3) is 0.191. The number of aliphatic hydroxyl groups is 2. The third-order valence-corrected chi connectivity index (χ3v) is 9.79. The first-order valence-electron chi connectivity index (χ1n) is 19.3. The van der Waals surface area contributed by atoms with Crippen LogP contribution in [0.3, 0.4) is 0 Å². The molecule has 0 aliphatic carbocycles. The van der Waals surface area contributed by atoms with Gasteiger partial charge in [0.2, 0.25) is 0 Å². The Hall–Kier alpha value is -7.22. The molecule has 13 heteroatoms. The number of methoxy groups -OCH3 is 3. The average Bonchev–Trinajstić information content (AvgIpc) is 3.29. The SMILES string of the molecule is CCCOc1cccc2ccc(N=Nc3cc(OC)c(N=Nc4cc(OC)c(N=Nc5ccc6cc(Cc7ccc(OC)cc7)ccc6c5O)cc4CO)cc3CO)cc12. The summed E-state index contributed by atoms with van der Waals surface area (Å²) in [6, 6.07) is 35.4. The zero-order chi connectivity index (χ0) is 42.0. The van der Waals surface area contributed by atoms with Crippen LogP contribution in [0.5, 0.6) is 28.7 Å². The van der Waals surface area contributed by atoms with Crippen molar-refractivity contribution in [1.29, 1.82) is 0 Å². The van der Waals surface area contributed by atoms with Crippen molar-refractivity contribution >= 4 is 55.7 Å². The normalized spacial score (nSPS) is 11.7. The number of benzene rings is 7. The van der Waals surface area contributed by atoms with Crippen molar-refractivity contribution in [2.45, 2.75) is 33.0 Å². The minimum atomic E-state index is -0.389. The van der Waals surface area contributed by atoms with Crippen molar-refractivity contribution in [3.63, 3.8) is 0 Å². The van der Waals surface area contributed by atoms with Gasteiger partial charge in [0.05, 0.1) is 58.2 Å². The predicted molar refractivity (Wildman–Crippen MR) is 232 cm³/mol. The molecular weight excluding hydrogens is 761 g/mol. The second kappa shape index (κ2) is 19.0. The number of fused-ring (bicyclic) bond motifs is 2. The van der Waals surface area contributed by atoms with Gasteiger partial charge in [0.15, 0.2) is 5.75 Å². The summed E-state index contributed by atoms with van der Waals surface area (Å²) in [5, 5.41) is 61.6. The summed E-state index contributed by atoms with van der Waals surface area (Å²) in [5.41, 5.74) is 5.27. The van der Waals surface area contributed by atoms with Gasteiger partial charge in [0, 0.05) is 34.0 Å². The molecule has 304 valence electrons. The summed E-state index contributed by atoms with van der Waals surface area (Å²) in [6.07, 6.45) is 1.62. The molecule has 0 saturated heterocycles. The van der Waals surface area contributed by atoms with Gasteiger partial charge in [-0.15, -0.1) is 20.5 Å². The first kappa shape index (κ1) is 41.0. The Bertz CT molecular complexity index is 2730. The second-order valence-electron chi connectivity index (χ2n) is 13.7. The van der Waals surface area contributed by atoms with Crippen LogP contribution in [-0.2, 0) is 19.6 Å². The minimum absolute atomic E-state index is 0.0112. The molecule has 0 aliphatic rings. The van der Waals surface area contributed by atoms with Gasteiger partial charge in [-0.25, -0.2) is 0 Å². The van der Waals surface area contributed by atoms with Crippen molar-refractivity contribution < 1.29 is 34.3 Å². The summed E-state index contributed by atoms with van der Waals surface area (Å²) in [5.74, 6) is 2.22. The minimum Gasteiger partial charge on any atom is -0.505 e. The molecule has 0 amide bonds. The molecule has 7 rings (SSSR count). The van der Waals surface area contributed by atoms with Crippen LogP contribution >= 0.6 is 0 Å². The number of hydrogen-bond acceptors (Lipinski definition) is 13. The summed E-state index contributed by atoms with van der Waals surface area (Å²) >= 11 is 0. The van der Waals surface area contributed by atoms with Crippen LogP contribution in [-0.4, -0.2) is 43.3 Å². The number of phenols is 1. The van der Waals surface area contributed by atoms with E-state index in [1.807, 2.05) is 84.9 Å². The van der Waals surface area contributed by atoms with Gasteiger partial charge in [-0.3, -0.25) is 0 Å². The number of ether oxygens (including phenoxy) is 4. The van der Waals surface area contributed by atoms with E-state index in [4.69, 9.17) is 18.9 Å². The molecule has 0 atom stereocenters. The van der Waals surface area contributed by atoms with Gasteiger partial charge in [0.25, 0.3) is 0 Å². The van der Waals surface area contributed by atoms with Crippen LogP contribution in [0.4, 0.5) is 34.1 Å². The smallest absolute Gasteiger partial charge is 0.150 e. The Morgan fingerprint density at radius 2 is 1.12 bits per heavy atom. The molecule has 0 aromatic heterocycles. The first-order valence-corrected chi connectivity index (χ1v) is 19.3. The highest BCUT2D eigenvalue weighted by Crippen LogP contribution is 2.42. The predicted octanol–water partition coefficient (Wildman–Crippen LogP) is 12.3. The highest BCUT2D eigenvalue weighted by molar-refractivity contribution is 5.93. The zero-order valence-electron chi connectivity index (χ0n) is 33.7. The highest BCUT2D eigenvalue weighted by atomic mass is 16.5. The molecule has 7 aromatic carbocycles. The second-order valence-corrected chi connectivity index (χ2v) is 13.7. The van der Waals surface area contributed by atoms with E-state index in [1.165, 1.54) is 14.2 Å². The van der Waals surface area contributed by atoms with E-state index < -0.39 is 0 Å². The van der Waals surface area contributed by atoms with Crippen molar-refractivity contribution in [1.82, 2.24) is 0 Å². The van der Waals surface area contributed by atoms with Crippen LogP contribution in [0.15, 0.2) is 146 Å². The lowest BCUT2D eigenvalue weighted by molar-refractivity contribution is 0.282. The van der Waals surface area contributed by atoms with Crippen LogP contribution in [0.1, 0.15) is 35.6 Å². The molecule has 3 N–H and O–H groups in total. The molecule has 0 heterocycles. The van der Waals surface area contributed by atoms with E-state index in [0.717, 1.165) is 51.6 Å². The van der Waals surface area contributed by atoms with Gasteiger partial charge in [-0.1, -0.05) is 61.5 Å². The molecule has 0 aliphatic heterocycles. The first-order chi connectivity index (χ1) is 29.3. The molecular formula is C47H44N6O7. The van der Waals surface area contributed by atoms with E-state index in [9.17, 15) is 15.3 Å². The van der Waals surface area contributed by atoms with E-state index in [0.29, 0.717) is 63.1 Å². The van der Waals surface area contributed by atoms with E-state index in [2.05, 4.69) is 37.6 Å². The quantitative estimate of drug-likeness (QED) is 0.0815. The molecule has 0 unspecified atom stereocenters. The van der Waals surface area contributed by atoms with Crippen molar-refractivity contribution in [2.75, 3.05) is 27.9 Å². The average molecular weight is 805 g/mol. The fourth-order valence-corrected chi connectivity index (χ4v) is 6.60. The summed E-state index contributed by atoms with van der Waals surface area (Å²) in [6.45, 7) is 1.93. The number of phenolic OH excluding ortho intramolecular Hbond substituents is 1. The Kier molecular flexibility index (Phi) is 13.0. The molecule has 0 fully saturated rings. The Balaban J connectivity index is 1.11. The molecule has 7 aromatic rings. The Morgan fingerprint density at radius 1 is 0.500 bits per heavy atom. The lowest BCUT2D eigenvalue weighted by Gasteiger charge is -2.11. The fourth-order valence-electron chi connectivity index (χ4n) is 6.60. The highest BCUT2D eigenvalue weighted by Gasteiger charge is 2.15. The van der Waals surface area contributed by atoms with Crippen LogP contribution < -0.4 is 18.9 Å². The maximum atomic E-state index is 11.2. The standard InChI is InChI=1S/C47H44N6O7/c1-5-19-60-44-8-6-7-31-12-14-35(24-38(31)44)48-50-40-25-45(58-3)43(22-33(40)27-54)53-51-41-26-46(59-4)42(23-34(41)28-55)52-49-39-18-13-32-21-30(11-17-37(32)47(39)56)20-29-9-15-36(57-2)16-10-29/h6-18,21-26,54-56H,5,19-20,27-28H2,1-4H3. The lowest BCUT2D eigenvalue weighted by atomic mass is 10.0. The van der Waals surface area contributed by atoms with Gasteiger partial charge in [-0.2, -0.15) is 10.2 Å². The Labute approximate surface area is 346 Å². The van der Waals surface area contributed by atoms with E-state index in [-0.39, 0.29) is 24.7 Å². The van der Waals surface area contributed by atoms with E-state index in [1.54, 1.807) is 37.4 Å². The molecule has 0 saturated carbocycles. The molecule has 0 bridgehead atoms. The topological polar surface area (TPSA) is 172 Å². The van der Waals surface area contributed by atoms with Crippen LogP contribution in [0.25, 0.3) is 21.5 Å². The summed E-state index contributed by atoms with van der Waals surface area (Å²) < 4.78 is 22.4. The third-order valence-electron chi connectivity index (χ3n) is 9.79. The van der Waals surface area contributed by atoms with Crippen LogP contribution in [0.2, 0.25) is 0 Å². The number of aliphatic hydroxyl groups excluding tert-OH is 2. The number of aromatic hydroxyl groups is 1. The Morgan fingerprint density at radius 3 is 1.75 bits per heavy atom. The number of azo groups is 3. The van der Waals surface area contributed by atoms with Gasteiger partial charge < -0.3 is 34.3 Å². The number of nitrogens with zero attached hydrogens (tertiary/aromatic N) is 6. The van der Waals surface area contributed by atoms with Crippen molar-refractivity contribution in [3.05, 3.63) is 138 Å². The monoisotopic (exact) mass is 804 g/mol. The summed E-state index contributed by atoms with van der Waals surface area (Å²) in [4.78, 5) is 0. The van der Waals surface area contributed by atoms with Crippen LogP contribution in [0, 0.1) is 0 Å². The van der Waals surface area contributed by atoms with Gasteiger partial charge in [-0.05, 0) is 83.3 Å². The largest absolute Gasteiger partial charge is 0.505 e. The van der Waals surface area contributed by atoms with Crippen molar-refractivity contribution in [3.8, 4) is 28.7 Å². The van der Waals surface area contributed by atoms with Gasteiger partial charge in [0.1, 0.15) is 40.1 Å². The summed E-state index contributed by atoms with van der Waals surface area (Å²) in [7, 11) is 4.61. The number of rotatable bonds is 16. The molecule has 13 nitrogen and oxygen atoms in total. The molecule has 0 radical (unpaired) electrons. The maximum Gasteiger partial charge on any atom is 0.150 e. The van der Waals surface area contributed by atoms with Crippen molar-refractivity contribution in [2.24, 2.45) is 30.7 Å². The number of hydrogen-bond donors (Lipinski definition) is 3. The third kappa shape index (κ3) is 9.23. The maximum absolute atomic E-state index is 11.2. The molecule has 60 heavy (non-hydrogen) atoms. The molecule has 0 spiro atoms. The van der Waals surface area contributed by atoms with Gasteiger partial charge >= 0.3 is 0 Å². The van der Waals surface area contributed by atoms with E-state index >= 15 is 0 Å². The zero-order valence-corrected chi connectivity index (χ0v) is 33.7.